The SMILES string of the molecule is CCCC1CC1NCc1ccc(N2CCOCC2)cc1. The summed E-state index contributed by atoms with van der Waals surface area (Å²) in [5.74, 6) is 0.938. The molecule has 1 aromatic carbocycles. The number of hydrogen-bond donors (Lipinski definition) is 1. The predicted molar refractivity (Wildman–Crippen MR) is 83.1 cm³/mol. The molecule has 1 aliphatic carbocycles. The fraction of sp³-hybridized carbons (Fsp3) is 0.647. The van der Waals surface area contributed by atoms with Crippen LogP contribution < -0.4 is 10.2 Å². The van der Waals surface area contributed by atoms with E-state index in [-0.39, 0.29) is 0 Å². The van der Waals surface area contributed by atoms with Crippen LogP contribution in [0.15, 0.2) is 24.3 Å². The van der Waals surface area contributed by atoms with Crippen molar-refractivity contribution < 1.29 is 4.74 Å². The molecule has 1 saturated heterocycles. The Kier molecular flexibility index (Phi) is 4.58. The Morgan fingerprint density at radius 1 is 1.20 bits per heavy atom. The molecule has 3 rings (SSSR count). The van der Waals surface area contributed by atoms with E-state index >= 15 is 0 Å². The van der Waals surface area contributed by atoms with Crippen LogP contribution in [0.4, 0.5) is 5.69 Å². The van der Waals surface area contributed by atoms with E-state index in [1.54, 1.807) is 0 Å². The van der Waals surface area contributed by atoms with Gasteiger partial charge in [0.1, 0.15) is 0 Å². The van der Waals surface area contributed by atoms with Gasteiger partial charge in [-0.25, -0.2) is 0 Å². The van der Waals surface area contributed by atoms with Crippen LogP contribution in [0, 0.1) is 5.92 Å². The summed E-state index contributed by atoms with van der Waals surface area (Å²) in [6.45, 7) is 7.01. The van der Waals surface area contributed by atoms with Crippen molar-refractivity contribution >= 4 is 5.69 Å². The fourth-order valence-electron chi connectivity index (χ4n) is 3.08. The van der Waals surface area contributed by atoms with Crippen molar-refractivity contribution in [2.24, 2.45) is 5.92 Å². The van der Waals surface area contributed by atoms with Gasteiger partial charge >= 0.3 is 0 Å². The van der Waals surface area contributed by atoms with E-state index in [0.717, 1.165) is 44.8 Å². The predicted octanol–water partition coefficient (Wildman–Crippen LogP) is 2.80. The van der Waals surface area contributed by atoms with Crippen molar-refractivity contribution in [2.75, 3.05) is 31.2 Å². The van der Waals surface area contributed by atoms with Gasteiger partial charge in [-0.15, -0.1) is 0 Å². The quantitative estimate of drug-likeness (QED) is 0.863. The molecular weight excluding hydrogens is 248 g/mol. The zero-order valence-electron chi connectivity index (χ0n) is 12.5. The number of hydrogen-bond acceptors (Lipinski definition) is 3. The number of morpholine rings is 1. The van der Waals surface area contributed by atoms with Crippen LogP contribution in [0.2, 0.25) is 0 Å². The first-order valence-electron chi connectivity index (χ1n) is 8.02. The fourth-order valence-corrected chi connectivity index (χ4v) is 3.08. The molecule has 1 aromatic rings. The van der Waals surface area contributed by atoms with E-state index in [2.05, 4.69) is 41.4 Å². The standard InChI is InChI=1S/C17H26N2O/c1-2-3-15-12-17(15)18-13-14-4-6-16(7-5-14)19-8-10-20-11-9-19/h4-7,15,17-18H,2-3,8-13H2,1H3. The average Bonchev–Trinajstić information content (AvgIpc) is 3.25. The molecule has 1 N–H and O–H groups in total. The first kappa shape index (κ1) is 13.9. The Morgan fingerprint density at radius 2 is 1.95 bits per heavy atom. The number of nitrogens with one attached hydrogen (secondary N) is 1. The van der Waals surface area contributed by atoms with Gasteiger partial charge in [0.15, 0.2) is 0 Å². The van der Waals surface area contributed by atoms with Crippen LogP contribution in [-0.4, -0.2) is 32.3 Å². The van der Waals surface area contributed by atoms with Crippen LogP contribution >= 0.6 is 0 Å². The van der Waals surface area contributed by atoms with Crippen molar-refractivity contribution in [1.29, 1.82) is 0 Å². The average molecular weight is 274 g/mol. The lowest BCUT2D eigenvalue weighted by atomic mass is 10.2. The summed E-state index contributed by atoms with van der Waals surface area (Å²) in [4.78, 5) is 2.40. The summed E-state index contributed by atoms with van der Waals surface area (Å²) in [7, 11) is 0. The molecule has 20 heavy (non-hydrogen) atoms. The highest BCUT2D eigenvalue weighted by Gasteiger charge is 2.35. The van der Waals surface area contributed by atoms with Crippen LogP contribution in [-0.2, 0) is 11.3 Å². The van der Waals surface area contributed by atoms with Gasteiger partial charge in [0, 0.05) is 31.4 Å². The van der Waals surface area contributed by atoms with Gasteiger partial charge in [0.25, 0.3) is 0 Å². The van der Waals surface area contributed by atoms with Crippen molar-refractivity contribution in [2.45, 2.75) is 38.8 Å². The number of ether oxygens (including phenoxy) is 1. The van der Waals surface area contributed by atoms with Gasteiger partial charge in [-0.2, -0.15) is 0 Å². The maximum Gasteiger partial charge on any atom is 0.0642 e. The lowest BCUT2D eigenvalue weighted by Crippen LogP contribution is -2.36. The molecule has 1 heterocycles. The summed E-state index contributed by atoms with van der Waals surface area (Å²) in [6, 6.07) is 9.79. The molecule has 110 valence electrons. The highest BCUT2D eigenvalue weighted by Crippen LogP contribution is 2.34. The molecule has 3 heteroatoms. The second-order valence-electron chi connectivity index (χ2n) is 6.04. The second kappa shape index (κ2) is 6.59. The molecular formula is C17H26N2O. The summed E-state index contributed by atoms with van der Waals surface area (Å²) in [5.41, 5.74) is 2.72. The van der Waals surface area contributed by atoms with E-state index in [1.165, 1.54) is 30.5 Å². The number of nitrogens with zero attached hydrogens (tertiary/aromatic N) is 1. The van der Waals surface area contributed by atoms with Crippen LogP contribution in [0.25, 0.3) is 0 Å². The van der Waals surface area contributed by atoms with Gasteiger partial charge in [-0.3, -0.25) is 0 Å². The van der Waals surface area contributed by atoms with E-state index in [1.807, 2.05) is 0 Å². The zero-order valence-corrected chi connectivity index (χ0v) is 12.5. The number of benzene rings is 1. The molecule has 0 radical (unpaired) electrons. The third-order valence-electron chi connectivity index (χ3n) is 4.46. The first-order valence-corrected chi connectivity index (χ1v) is 8.02. The summed E-state index contributed by atoms with van der Waals surface area (Å²) in [6.07, 6.45) is 4.07. The Balaban J connectivity index is 1.46. The highest BCUT2D eigenvalue weighted by atomic mass is 16.5. The van der Waals surface area contributed by atoms with Crippen LogP contribution in [0.1, 0.15) is 31.7 Å². The molecule has 0 amide bonds. The zero-order chi connectivity index (χ0) is 13.8. The summed E-state index contributed by atoms with van der Waals surface area (Å²) < 4.78 is 5.39. The number of anilines is 1. The second-order valence-corrected chi connectivity index (χ2v) is 6.04. The molecule has 0 bridgehead atoms. The van der Waals surface area contributed by atoms with Crippen LogP contribution in [0.5, 0.6) is 0 Å². The molecule has 2 unspecified atom stereocenters. The Bertz CT molecular complexity index is 412. The molecule has 2 aliphatic rings. The molecule has 1 aliphatic heterocycles. The van der Waals surface area contributed by atoms with Crippen molar-refractivity contribution in [3.05, 3.63) is 29.8 Å². The van der Waals surface area contributed by atoms with Crippen LogP contribution in [0.3, 0.4) is 0 Å². The van der Waals surface area contributed by atoms with E-state index in [9.17, 15) is 0 Å². The van der Waals surface area contributed by atoms with E-state index < -0.39 is 0 Å². The minimum Gasteiger partial charge on any atom is -0.378 e. The van der Waals surface area contributed by atoms with E-state index in [4.69, 9.17) is 4.74 Å². The third-order valence-corrected chi connectivity index (χ3v) is 4.46. The topological polar surface area (TPSA) is 24.5 Å². The minimum absolute atomic E-state index is 0.772. The molecule has 2 fully saturated rings. The highest BCUT2D eigenvalue weighted by molar-refractivity contribution is 5.47. The summed E-state index contributed by atoms with van der Waals surface area (Å²) >= 11 is 0. The van der Waals surface area contributed by atoms with Crippen molar-refractivity contribution in [3.8, 4) is 0 Å². The van der Waals surface area contributed by atoms with Gasteiger partial charge in [-0.05, 0) is 36.5 Å². The third kappa shape index (κ3) is 3.53. The summed E-state index contributed by atoms with van der Waals surface area (Å²) in [5, 5.41) is 3.67. The molecule has 2 atom stereocenters. The van der Waals surface area contributed by atoms with Gasteiger partial charge < -0.3 is 15.0 Å². The Hall–Kier alpha value is -1.06. The molecule has 0 aromatic heterocycles. The normalized spacial score (nSPS) is 25.8. The largest absolute Gasteiger partial charge is 0.378 e. The molecule has 1 saturated carbocycles. The maximum atomic E-state index is 5.39. The first-order chi connectivity index (χ1) is 9.86. The smallest absolute Gasteiger partial charge is 0.0642 e. The van der Waals surface area contributed by atoms with Gasteiger partial charge in [0.2, 0.25) is 0 Å². The molecule has 0 spiro atoms. The van der Waals surface area contributed by atoms with Gasteiger partial charge in [0.05, 0.1) is 13.2 Å². The lowest BCUT2D eigenvalue weighted by Gasteiger charge is -2.28. The van der Waals surface area contributed by atoms with E-state index in [0.29, 0.717) is 0 Å². The Morgan fingerprint density at radius 3 is 2.65 bits per heavy atom. The molecule has 3 nitrogen and oxygen atoms in total. The Labute approximate surface area is 122 Å². The van der Waals surface area contributed by atoms with Gasteiger partial charge in [-0.1, -0.05) is 25.5 Å². The van der Waals surface area contributed by atoms with Crippen molar-refractivity contribution in [3.63, 3.8) is 0 Å². The lowest BCUT2D eigenvalue weighted by molar-refractivity contribution is 0.122. The monoisotopic (exact) mass is 274 g/mol. The van der Waals surface area contributed by atoms with Crippen molar-refractivity contribution in [1.82, 2.24) is 5.32 Å². The maximum absolute atomic E-state index is 5.39. The minimum atomic E-state index is 0.772. The number of rotatable bonds is 6.